The number of para-hydroxylation sites is 1. The molecule has 0 saturated carbocycles. The first-order chi connectivity index (χ1) is 10.7. The normalized spacial score (nSPS) is 11.1. The van der Waals surface area contributed by atoms with Gasteiger partial charge in [0.2, 0.25) is 10.9 Å². The average Bonchev–Trinajstić information content (AvgIpc) is 2.55. The van der Waals surface area contributed by atoms with Crippen molar-refractivity contribution in [3.8, 4) is 11.6 Å². The lowest BCUT2D eigenvalue weighted by atomic mass is 10.1. The van der Waals surface area contributed by atoms with Crippen LogP contribution in [-0.4, -0.2) is 28.4 Å². The number of benzene rings is 1. The Morgan fingerprint density at radius 3 is 2.82 bits per heavy atom. The summed E-state index contributed by atoms with van der Waals surface area (Å²) in [7, 11) is 1.45. The van der Waals surface area contributed by atoms with Crippen molar-refractivity contribution in [2.24, 2.45) is 0 Å². The van der Waals surface area contributed by atoms with E-state index in [0.29, 0.717) is 16.9 Å². The molecule has 0 radical (unpaired) electrons. The van der Waals surface area contributed by atoms with Crippen LogP contribution >= 0.6 is 11.8 Å². The van der Waals surface area contributed by atoms with Crippen LogP contribution in [0.2, 0.25) is 0 Å². The Labute approximate surface area is 131 Å². The molecule has 2 rings (SSSR count). The maximum absolute atomic E-state index is 13.6. The minimum Gasteiger partial charge on any atom is -0.504 e. The van der Waals surface area contributed by atoms with Crippen molar-refractivity contribution in [2.45, 2.75) is 0 Å². The molecule has 114 valence electrons. The highest BCUT2D eigenvalue weighted by Gasteiger charge is 2.18. The molecule has 0 aliphatic carbocycles. The average molecular weight is 320 g/mol. The molecular weight excluding hydrogens is 307 g/mol. The summed E-state index contributed by atoms with van der Waals surface area (Å²) in [6.07, 6.45) is 5.18. The van der Waals surface area contributed by atoms with Crippen molar-refractivity contribution in [3.05, 3.63) is 54.4 Å². The molecule has 0 bridgehead atoms. The molecule has 1 aromatic heterocycles. The van der Waals surface area contributed by atoms with Gasteiger partial charge in [0.15, 0.2) is 0 Å². The summed E-state index contributed by atoms with van der Waals surface area (Å²) in [5.74, 6) is -0.604. The van der Waals surface area contributed by atoms with Gasteiger partial charge in [-0.2, -0.15) is 9.37 Å². The molecule has 0 atom stereocenters. The summed E-state index contributed by atoms with van der Waals surface area (Å²) in [6.45, 7) is 0. The number of hydrogen-bond donors (Lipinski definition) is 0. The summed E-state index contributed by atoms with van der Waals surface area (Å²) in [5, 5.41) is -0.193. The lowest BCUT2D eigenvalue weighted by Crippen LogP contribution is -2.01. The van der Waals surface area contributed by atoms with E-state index in [-0.39, 0.29) is 11.0 Å². The van der Waals surface area contributed by atoms with E-state index >= 15 is 0 Å². The van der Waals surface area contributed by atoms with Gasteiger partial charge in [0.25, 0.3) is 5.88 Å². The number of aromatic nitrogens is 2. The van der Waals surface area contributed by atoms with Gasteiger partial charge >= 0.3 is 0 Å². The number of ether oxygens (including phenoxy) is 2. The van der Waals surface area contributed by atoms with Gasteiger partial charge in [-0.05, 0) is 12.3 Å². The second-order valence-corrected chi connectivity index (χ2v) is 4.81. The Morgan fingerprint density at radius 1 is 1.36 bits per heavy atom. The van der Waals surface area contributed by atoms with Crippen LogP contribution in [0, 0.1) is 5.82 Å². The lowest BCUT2D eigenvalue weighted by Gasteiger charge is -2.12. The van der Waals surface area contributed by atoms with Crippen molar-refractivity contribution >= 4 is 22.5 Å². The van der Waals surface area contributed by atoms with E-state index in [1.165, 1.54) is 19.7 Å². The van der Waals surface area contributed by atoms with Gasteiger partial charge in [-0.3, -0.25) is 4.79 Å². The smallest absolute Gasteiger partial charge is 0.259 e. The molecule has 0 N–H and O–H groups in total. The highest BCUT2D eigenvalue weighted by Crippen LogP contribution is 2.32. The van der Waals surface area contributed by atoms with E-state index in [0.717, 1.165) is 18.0 Å². The first kappa shape index (κ1) is 16.0. The Morgan fingerprint density at radius 2 is 2.14 bits per heavy atom. The first-order valence-electron chi connectivity index (χ1n) is 6.21. The number of rotatable bonds is 5. The topological polar surface area (TPSA) is 61.3 Å². The molecule has 0 aliphatic heterocycles. The van der Waals surface area contributed by atoms with Gasteiger partial charge in [-0.25, -0.2) is 4.98 Å². The fourth-order valence-corrected chi connectivity index (χ4v) is 2.09. The molecule has 0 fully saturated rings. The predicted molar refractivity (Wildman–Crippen MR) is 82.0 cm³/mol. The third-order valence-corrected chi connectivity index (χ3v) is 3.25. The fourth-order valence-electron chi connectivity index (χ4n) is 1.71. The largest absolute Gasteiger partial charge is 0.504 e. The van der Waals surface area contributed by atoms with Gasteiger partial charge in [0.05, 0.1) is 25.1 Å². The summed E-state index contributed by atoms with van der Waals surface area (Å²) in [5.41, 5.74) is 0.807. The predicted octanol–water partition coefficient (Wildman–Crippen LogP) is 3.28. The van der Waals surface area contributed by atoms with Gasteiger partial charge in [0, 0.05) is 5.56 Å². The van der Waals surface area contributed by atoms with E-state index in [9.17, 15) is 9.18 Å². The Kier molecular flexibility index (Phi) is 5.48. The van der Waals surface area contributed by atoms with Crippen LogP contribution in [0.5, 0.6) is 11.6 Å². The van der Waals surface area contributed by atoms with E-state index in [2.05, 4.69) is 9.97 Å². The molecule has 1 aromatic carbocycles. The highest BCUT2D eigenvalue weighted by molar-refractivity contribution is 8.14. The highest BCUT2D eigenvalue weighted by atomic mass is 32.2. The number of carbonyl (C=O) groups excluding carboxylic acids is 1. The van der Waals surface area contributed by atoms with Gasteiger partial charge in [-0.15, -0.1) is 0 Å². The van der Waals surface area contributed by atoms with Crippen molar-refractivity contribution in [2.75, 3.05) is 13.4 Å². The third-order valence-electron chi connectivity index (χ3n) is 2.66. The minimum absolute atomic E-state index is 0.193. The molecular formula is C15H13FN2O3S. The van der Waals surface area contributed by atoms with Crippen LogP contribution in [0.25, 0.3) is 5.57 Å². The van der Waals surface area contributed by atoms with Gasteiger partial charge in [-0.1, -0.05) is 30.0 Å². The molecule has 0 unspecified atom stereocenters. The summed E-state index contributed by atoms with van der Waals surface area (Å²) >= 11 is 1.04. The molecule has 0 aliphatic rings. The number of nitrogens with zero attached hydrogens (tertiary/aromatic N) is 2. The SMILES string of the molecule is CO/C=C(/C(=O)SC)c1ccccc1Oc1ncncc1F. The summed E-state index contributed by atoms with van der Waals surface area (Å²) in [4.78, 5) is 19.3. The summed E-state index contributed by atoms with van der Waals surface area (Å²) < 4.78 is 24.1. The fraction of sp³-hybridized carbons (Fsp3) is 0.133. The van der Waals surface area contributed by atoms with E-state index < -0.39 is 5.82 Å². The number of methoxy groups -OCH3 is 1. The number of hydrogen-bond acceptors (Lipinski definition) is 6. The molecule has 0 spiro atoms. The third kappa shape index (κ3) is 3.62. The van der Waals surface area contributed by atoms with Crippen molar-refractivity contribution in [1.82, 2.24) is 9.97 Å². The van der Waals surface area contributed by atoms with Crippen LogP contribution < -0.4 is 4.74 Å². The Hall–Kier alpha value is -2.41. The zero-order chi connectivity index (χ0) is 15.9. The monoisotopic (exact) mass is 320 g/mol. The molecule has 2 aromatic rings. The Balaban J connectivity index is 2.44. The molecule has 7 heteroatoms. The van der Waals surface area contributed by atoms with Crippen LogP contribution in [0.4, 0.5) is 4.39 Å². The minimum atomic E-state index is -0.689. The molecule has 0 saturated heterocycles. The van der Waals surface area contributed by atoms with Crippen LogP contribution in [0.15, 0.2) is 43.1 Å². The maximum atomic E-state index is 13.6. The molecule has 5 nitrogen and oxygen atoms in total. The van der Waals surface area contributed by atoms with Gasteiger partial charge < -0.3 is 9.47 Å². The second kappa shape index (κ2) is 7.56. The summed E-state index contributed by atoms with van der Waals surface area (Å²) in [6, 6.07) is 6.77. The van der Waals surface area contributed by atoms with E-state index in [4.69, 9.17) is 9.47 Å². The number of halogens is 1. The van der Waals surface area contributed by atoms with E-state index in [1.54, 1.807) is 30.5 Å². The zero-order valence-corrected chi connectivity index (χ0v) is 12.8. The molecule has 22 heavy (non-hydrogen) atoms. The first-order valence-corrected chi connectivity index (χ1v) is 7.44. The quantitative estimate of drug-likeness (QED) is 0.622. The second-order valence-electron chi connectivity index (χ2n) is 4.03. The van der Waals surface area contributed by atoms with Crippen molar-refractivity contribution < 1.29 is 18.7 Å². The van der Waals surface area contributed by atoms with Crippen molar-refractivity contribution in [3.63, 3.8) is 0 Å². The Bertz CT molecular complexity index is 707. The lowest BCUT2D eigenvalue weighted by molar-refractivity contribution is -0.106. The zero-order valence-electron chi connectivity index (χ0n) is 11.9. The van der Waals surface area contributed by atoms with Crippen LogP contribution in [0.1, 0.15) is 5.56 Å². The van der Waals surface area contributed by atoms with Crippen molar-refractivity contribution in [1.29, 1.82) is 0 Å². The van der Waals surface area contributed by atoms with Crippen LogP contribution in [-0.2, 0) is 9.53 Å². The van der Waals surface area contributed by atoms with Crippen LogP contribution in [0.3, 0.4) is 0 Å². The number of carbonyl (C=O) groups is 1. The number of thioether (sulfide) groups is 1. The van der Waals surface area contributed by atoms with E-state index in [1.807, 2.05) is 0 Å². The standard InChI is InChI=1S/C15H13FN2O3S/c1-20-8-11(15(19)22-2)10-5-3-4-6-13(10)21-14-12(16)7-17-9-18-14/h3-9H,1-2H3/b11-8+. The maximum Gasteiger partial charge on any atom is 0.259 e. The van der Waals surface area contributed by atoms with Gasteiger partial charge in [0.1, 0.15) is 12.1 Å². The molecule has 1 heterocycles. The molecule has 0 amide bonds.